The van der Waals surface area contributed by atoms with Gasteiger partial charge in [-0.25, -0.2) is 9.97 Å². The fourth-order valence-corrected chi connectivity index (χ4v) is 4.37. The average Bonchev–Trinajstić information content (AvgIpc) is 3.27. The number of piperidine rings is 1. The summed E-state index contributed by atoms with van der Waals surface area (Å²) in [5.41, 5.74) is 9.26. The van der Waals surface area contributed by atoms with Gasteiger partial charge in [0.25, 0.3) is 0 Å². The standard InChI is InChI=1S/C23H26N6O/c1-15-6-16(2)13-29(12-15)18-7-17(8-19(9-18)30-3)20-10-22(25)27-23(21(20)11-24)28-5-4-26-14-28/h4-5,7-10,14-16H,6,12-13H2,1-3H3,(H2,25,27)/t15-,16+. The predicted octanol–water partition coefficient (Wildman–Crippen LogP) is 3.88. The molecule has 2 N–H and O–H groups in total. The maximum absolute atomic E-state index is 9.96. The molecule has 7 heteroatoms. The molecule has 2 atom stereocenters. The van der Waals surface area contributed by atoms with Crippen molar-refractivity contribution in [2.24, 2.45) is 11.8 Å². The zero-order chi connectivity index (χ0) is 21.3. The molecule has 1 aromatic carbocycles. The molecule has 7 nitrogen and oxygen atoms in total. The van der Waals surface area contributed by atoms with Crippen molar-refractivity contribution >= 4 is 11.5 Å². The van der Waals surface area contributed by atoms with Crippen LogP contribution in [0, 0.1) is 23.2 Å². The van der Waals surface area contributed by atoms with Crippen LogP contribution in [0.3, 0.4) is 0 Å². The molecule has 154 valence electrons. The molecule has 0 amide bonds. The lowest BCUT2D eigenvalue weighted by Gasteiger charge is -2.37. The number of hydrogen-bond donors (Lipinski definition) is 1. The van der Waals surface area contributed by atoms with Crippen LogP contribution in [0.1, 0.15) is 25.8 Å². The molecule has 0 saturated carbocycles. The number of pyridine rings is 1. The number of benzene rings is 1. The first-order chi connectivity index (χ1) is 14.5. The van der Waals surface area contributed by atoms with E-state index in [0.29, 0.717) is 29.0 Å². The first-order valence-corrected chi connectivity index (χ1v) is 10.1. The van der Waals surface area contributed by atoms with Crippen molar-refractivity contribution in [3.63, 3.8) is 0 Å². The summed E-state index contributed by atoms with van der Waals surface area (Å²) in [7, 11) is 1.66. The van der Waals surface area contributed by atoms with Crippen molar-refractivity contribution in [3.8, 4) is 28.8 Å². The van der Waals surface area contributed by atoms with Gasteiger partial charge in [-0.3, -0.25) is 4.57 Å². The summed E-state index contributed by atoms with van der Waals surface area (Å²) < 4.78 is 7.30. The van der Waals surface area contributed by atoms with Crippen molar-refractivity contribution in [1.29, 1.82) is 5.26 Å². The highest BCUT2D eigenvalue weighted by molar-refractivity contribution is 5.79. The van der Waals surface area contributed by atoms with E-state index >= 15 is 0 Å². The molecule has 0 radical (unpaired) electrons. The van der Waals surface area contributed by atoms with Crippen LogP contribution in [0.25, 0.3) is 16.9 Å². The summed E-state index contributed by atoms with van der Waals surface area (Å²) in [4.78, 5) is 10.9. The van der Waals surface area contributed by atoms with Gasteiger partial charge in [0, 0.05) is 42.8 Å². The molecule has 3 heterocycles. The second-order valence-corrected chi connectivity index (χ2v) is 8.15. The Hall–Kier alpha value is -3.53. The van der Waals surface area contributed by atoms with E-state index < -0.39 is 0 Å². The monoisotopic (exact) mass is 402 g/mol. The Morgan fingerprint density at radius 1 is 1.17 bits per heavy atom. The van der Waals surface area contributed by atoms with Gasteiger partial charge in [0.15, 0.2) is 5.82 Å². The van der Waals surface area contributed by atoms with Gasteiger partial charge in [0.2, 0.25) is 0 Å². The summed E-state index contributed by atoms with van der Waals surface area (Å²) in [5.74, 6) is 2.81. The van der Waals surface area contributed by atoms with Crippen LogP contribution in [-0.4, -0.2) is 34.7 Å². The molecule has 30 heavy (non-hydrogen) atoms. The summed E-state index contributed by atoms with van der Waals surface area (Å²) in [6, 6.07) is 10.2. The number of nitrogen functional groups attached to an aromatic ring is 1. The minimum atomic E-state index is 0.345. The maximum atomic E-state index is 9.96. The summed E-state index contributed by atoms with van der Waals surface area (Å²) in [5, 5.41) is 9.96. The number of rotatable bonds is 4. The molecule has 1 fully saturated rings. The van der Waals surface area contributed by atoms with Gasteiger partial charge in [-0.1, -0.05) is 13.8 Å². The predicted molar refractivity (Wildman–Crippen MR) is 118 cm³/mol. The van der Waals surface area contributed by atoms with E-state index in [1.165, 1.54) is 6.42 Å². The highest BCUT2D eigenvalue weighted by Crippen LogP contribution is 2.36. The lowest BCUT2D eigenvalue weighted by atomic mass is 9.91. The fourth-order valence-electron chi connectivity index (χ4n) is 4.37. The van der Waals surface area contributed by atoms with E-state index in [0.717, 1.165) is 35.7 Å². The van der Waals surface area contributed by atoms with Gasteiger partial charge in [0.05, 0.1) is 7.11 Å². The Morgan fingerprint density at radius 2 is 1.93 bits per heavy atom. The molecule has 0 spiro atoms. The molecule has 3 aromatic rings. The van der Waals surface area contributed by atoms with Crippen molar-refractivity contribution in [2.45, 2.75) is 20.3 Å². The molecule has 0 bridgehead atoms. The van der Waals surface area contributed by atoms with Gasteiger partial charge in [-0.2, -0.15) is 5.26 Å². The molecule has 1 saturated heterocycles. The largest absolute Gasteiger partial charge is 0.497 e. The van der Waals surface area contributed by atoms with Gasteiger partial charge in [0.1, 0.15) is 29.5 Å². The average molecular weight is 403 g/mol. The minimum absolute atomic E-state index is 0.345. The lowest BCUT2D eigenvalue weighted by molar-refractivity contribution is 0.356. The third-order valence-electron chi connectivity index (χ3n) is 5.55. The maximum Gasteiger partial charge on any atom is 0.158 e. The number of hydrogen-bond acceptors (Lipinski definition) is 6. The zero-order valence-electron chi connectivity index (χ0n) is 17.5. The SMILES string of the molecule is COc1cc(-c2cc(N)nc(-n3ccnc3)c2C#N)cc(N2C[C@H](C)C[C@H](C)C2)c1. The molecule has 2 aromatic heterocycles. The number of anilines is 2. The first kappa shape index (κ1) is 19.8. The van der Waals surface area contributed by atoms with Crippen molar-refractivity contribution in [3.05, 3.63) is 48.5 Å². The number of nitrogens with two attached hydrogens (primary N) is 1. The van der Waals surface area contributed by atoms with E-state index in [2.05, 4.69) is 46.9 Å². The number of aromatic nitrogens is 3. The Kier molecular flexibility index (Phi) is 5.32. The number of methoxy groups -OCH3 is 1. The van der Waals surface area contributed by atoms with Crippen LogP contribution < -0.4 is 15.4 Å². The van der Waals surface area contributed by atoms with E-state index in [1.807, 2.05) is 6.07 Å². The molecule has 0 aliphatic carbocycles. The second-order valence-electron chi connectivity index (χ2n) is 8.15. The lowest BCUT2D eigenvalue weighted by Crippen LogP contribution is -2.38. The van der Waals surface area contributed by atoms with Gasteiger partial charge >= 0.3 is 0 Å². The number of nitriles is 1. The third-order valence-corrected chi connectivity index (χ3v) is 5.55. The van der Waals surface area contributed by atoms with E-state index in [-0.39, 0.29) is 0 Å². The van der Waals surface area contributed by atoms with Crippen LogP contribution >= 0.6 is 0 Å². The molecular formula is C23H26N6O. The molecule has 0 unspecified atom stereocenters. The second kappa shape index (κ2) is 8.07. The summed E-state index contributed by atoms with van der Waals surface area (Å²) in [6.45, 7) is 6.58. The summed E-state index contributed by atoms with van der Waals surface area (Å²) >= 11 is 0. The van der Waals surface area contributed by atoms with Crippen LogP contribution in [0.15, 0.2) is 43.0 Å². The van der Waals surface area contributed by atoms with Gasteiger partial charge in [-0.15, -0.1) is 0 Å². The fraction of sp³-hybridized carbons (Fsp3) is 0.348. The first-order valence-electron chi connectivity index (χ1n) is 10.1. The topological polar surface area (TPSA) is 93.0 Å². The van der Waals surface area contributed by atoms with Gasteiger partial charge in [-0.05, 0) is 42.0 Å². The van der Waals surface area contributed by atoms with E-state index in [1.54, 1.807) is 36.5 Å². The van der Waals surface area contributed by atoms with Crippen LogP contribution in [-0.2, 0) is 0 Å². The van der Waals surface area contributed by atoms with Crippen molar-refractivity contribution in [1.82, 2.24) is 14.5 Å². The van der Waals surface area contributed by atoms with Crippen LogP contribution in [0.2, 0.25) is 0 Å². The Labute approximate surface area is 176 Å². The Bertz CT molecular complexity index is 1080. The number of nitrogens with zero attached hydrogens (tertiary/aromatic N) is 5. The number of ether oxygens (including phenoxy) is 1. The Morgan fingerprint density at radius 3 is 2.57 bits per heavy atom. The quantitative estimate of drug-likeness (QED) is 0.712. The normalized spacial score (nSPS) is 18.8. The van der Waals surface area contributed by atoms with Crippen molar-refractivity contribution in [2.75, 3.05) is 30.8 Å². The third kappa shape index (κ3) is 3.81. The van der Waals surface area contributed by atoms with Crippen molar-refractivity contribution < 1.29 is 4.74 Å². The van der Waals surface area contributed by atoms with E-state index in [4.69, 9.17) is 10.5 Å². The number of imidazole rings is 1. The molecule has 4 rings (SSSR count). The van der Waals surface area contributed by atoms with Gasteiger partial charge < -0.3 is 15.4 Å². The zero-order valence-corrected chi connectivity index (χ0v) is 17.5. The molecular weight excluding hydrogens is 376 g/mol. The minimum Gasteiger partial charge on any atom is -0.497 e. The molecule has 1 aliphatic rings. The highest BCUT2D eigenvalue weighted by Gasteiger charge is 2.23. The Balaban J connectivity index is 1.86. The van der Waals surface area contributed by atoms with Crippen LogP contribution in [0.5, 0.6) is 5.75 Å². The highest BCUT2D eigenvalue weighted by atomic mass is 16.5. The van der Waals surface area contributed by atoms with Crippen LogP contribution in [0.4, 0.5) is 11.5 Å². The van der Waals surface area contributed by atoms with E-state index in [9.17, 15) is 5.26 Å². The smallest absolute Gasteiger partial charge is 0.158 e. The molecule has 1 aliphatic heterocycles. The summed E-state index contributed by atoms with van der Waals surface area (Å²) in [6.07, 6.45) is 6.24.